The van der Waals surface area contributed by atoms with Crippen LogP contribution in [-0.2, 0) is 14.4 Å². The Labute approximate surface area is 222 Å². The Hall–Kier alpha value is -4.99. The largest absolute Gasteiger partial charge is 0.454 e. The zero-order valence-corrected chi connectivity index (χ0v) is 20.4. The molecule has 0 radical (unpaired) electrons. The topological polar surface area (TPSA) is 107 Å². The number of benzene rings is 3. The summed E-state index contributed by atoms with van der Waals surface area (Å²) < 4.78 is 21.7. The van der Waals surface area contributed by atoms with Crippen molar-refractivity contribution in [3.05, 3.63) is 78.0 Å². The highest BCUT2D eigenvalue weighted by molar-refractivity contribution is 6.24. The van der Waals surface area contributed by atoms with Crippen LogP contribution in [0.4, 0.5) is 11.4 Å². The highest BCUT2D eigenvalue weighted by Gasteiger charge is 2.64. The van der Waals surface area contributed by atoms with E-state index >= 15 is 0 Å². The van der Waals surface area contributed by atoms with Gasteiger partial charge in [0.25, 0.3) is 0 Å². The molecule has 8 rings (SSSR count). The molecular formula is C29H21N3O7. The van der Waals surface area contributed by atoms with Gasteiger partial charge in [-0.1, -0.05) is 24.3 Å². The molecule has 3 amide bonds. The zero-order valence-electron chi connectivity index (χ0n) is 20.4. The Balaban J connectivity index is 1.20. The number of hydrogen-bond donors (Lipinski definition) is 1. The van der Waals surface area contributed by atoms with Crippen LogP contribution in [-0.4, -0.2) is 42.2 Å². The molecular weight excluding hydrogens is 502 g/mol. The third kappa shape index (κ3) is 3.11. The van der Waals surface area contributed by atoms with Gasteiger partial charge in [-0.15, -0.1) is 0 Å². The summed E-state index contributed by atoms with van der Waals surface area (Å²) in [5, 5.41) is 2.94. The number of anilines is 2. The molecule has 0 bridgehead atoms. The first kappa shape index (κ1) is 22.0. The smallest absolute Gasteiger partial charge is 0.247 e. The maximum atomic E-state index is 14.0. The summed E-state index contributed by atoms with van der Waals surface area (Å²) in [6.45, 7) is 0.194. The van der Waals surface area contributed by atoms with E-state index in [4.69, 9.17) is 18.9 Å². The molecule has 0 spiro atoms. The second kappa shape index (κ2) is 8.00. The lowest BCUT2D eigenvalue weighted by Gasteiger charge is -2.35. The van der Waals surface area contributed by atoms with Crippen LogP contribution in [0.25, 0.3) is 6.08 Å². The van der Waals surface area contributed by atoms with E-state index in [1.807, 2.05) is 41.4 Å². The van der Waals surface area contributed by atoms with Gasteiger partial charge in [0.1, 0.15) is 6.04 Å². The van der Waals surface area contributed by atoms with E-state index in [9.17, 15) is 14.4 Å². The molecule has 0 saturated carbocycles. The van der Waals surface area contributed by atoms with Crippen molar-refractivity contribution in [2.45, 2.75) is 12.1 Å². The monoisotopic (exact) mass is 523 g/mol. The molecule has 5 heterocycles. The number of imide groups is 1. The predicted molar refractivity (Wildman–Crippen MR) is 137 cm³/mol. The Morgan fingerprint density at radius 1 is 0.795 bits per heavy atom. The molecule has 0 aromatic heterocycles. The van der Waals surface area contributed by atoms with Crippen LogP contribution < -0.4 is 29.2 Å². The minimum Gasteiger partial charge on any atom is -0.454 e. The number of fused-ring (bicyclic) bond motifs is 7. The van der Waals surface area contributed by atoms with Crippen LogP contribution in [0, 0.1) is 11.8 Å². The fourth-order valence-electron chi connectivity index (χ4n) is 6.33. The number of rotatable bonds is 3. The van der Waals surface area contributed by atoms with E-state index < -0.39 is 29.8 Å². The minimum atomic E-state index is -0.912. The molecule has 3 aromatic rings. The zero-order chi connectivity index (χ0) is 26.2. The molecule has 5 aliphatic heterocycles. The van der Waals surface area contributed by atoms with Crippen molar-refractivity contribution in [1.29, 1.82) is 0 Å². The normalized spacial score (nSPS) is 25.0. The molecule has 2 saturated heterocycles. The summed E-state index contributed by atoms with van der Waals surface area (Å²) in [4.78, 5) is 45.0. The van der Waals surface area contributed by atoms with Gasteiger partial charge in [0, 0.05) is 24.0 Å². The number of amides is 3. The quantitative estimate of drug-likeness (QED) is 0.522. The van der Waals surface area contributed by atoms with Gasteiger partial charge in [-0.3, -0.25) is 14.4 Å². The Bertz CT molecular complexity index is 1620. The molecule has 0 unspecified atom stereocenters. The van der Waals surface area contributed by atoms with E-state index in [0.29, 0.717) is 34.4 Å². The number of nitrogens with zero attached hydrogens (tertiary/aromatic N) is 2. The molecule has 39 heavy (non-hydrogen) atoms. The maximum Gasteiger partial charge on any atom is 0.247 e. The maximum absolute atomic E-state index is 14.0. The highest BCUT2D eigenvalue weighted by Crippen LogP contribution is 2.53. The summed E-state index contributed by atoms with van der Waals surface area (Å²) in [6, 6.07) is 16.5. The molecule has 4 atom stereocenters. The summed E-state index contributed by atoms with van der Waals surface area (Å²) in [5.74, 6) is -0.643. The number of carbonyl (C=O) groups excluding carboxylic acids is 3. The first-order chi connectivity index (χ1) is 19.1. The van der Waals surface area contributed by atoms with Crippen molar-refractivity contribution in [1.82, 2.24) is 4.90 Å². The summed E-state index contributed by atoms with van der Waals surface area (Å²) in [7, 11) is 0. The van der Waals surface area contributed by atoms with Crippen molar-refractivity contribution in [2.24, 2.45) is 11.8 Å². The van der Waals surface area contributed by atoms with Crippen molar-refractivity contribution >= 4 is 35.2 Å². The second-order valence-electron chi connectivity index (χ2n) is 9.94. The minimum absolute atomic E-state index is 0.0776. The predicted octanol–water partition coefficient (Wildman–Crippen LogP) is 3.30. The SMILES string of the molecule is O=C(Nc1ccc2c(c1)OCO2)[C@@H]1[C@@H]2C(=O)N(c3ccc4c(c3)OCO4)C(=O)[C@H]2[C@@H]2c3ccccc3C=CN12. The lowest BCUT2D eigenvalue weighted by molar-refractivity contribution is -0.128. The molecule has 10 nitrogen and oxygen atoms in total. The van der Waals surface area contributed by atoms with Crippen LogP contribution >= 0.6 is 0 Å². The molecule has 10 heteroatoms. The lowest BCUT2D eigenvalue weighted by atomic mass is 9.84. The van der Waals surface area contributed by atoms with E-state index in [0.717, 1.165) is 11.1 Å². The van der Waals surface area contributed by atoms with E-state index in [-0.39, 0.29) is 25.4 Å². The van der Waals surface area contributed by atoms with Gasteiger partial charge in [-0.05, 0) is 41.5 Å². The van der Waals surface area contributed by atoms with Gasteiger partial charge < -0.3 is 29.2 Å². The fraction of sp³-hybridized carbons (Fsp3) is 0.207. The summed E-state index contributed by atoms with van der Waals surface area (Å²) in [5.41, 5.74) is 2.76. The Morgan fingerprint density at radius 2 is 1.49 bits per heavy atom. The Kier molecular flexibility index (Phi) is 4.52. The molecule has 1 N–H and O–H groups in total. The van der Waals surface area contributed by atoms with E-state index in [1.54, 1.807) is 36.4 Å². The first-order valence-electron chi connectivity index (χ1n) is 12.6. The van der Waals surface area contributed by atoms with Crippen LogP contribution in [0.2, 0.25) is 0 Å². The third-order valence-electron chi connectivity index (χ3n) is 7.98. The Morgan fingerprint density at radius 3 is 2.31 bits per heavy atom. The van der Waals surface area contributed by atoms with Crippen LogP contribution in [0.15, 0.2) is 66.9 Å². The van der Waals surface area contributed by atoms with Gasteiger partial charge in [-0.2, -0.15) is 0 Å². The van der Waals surface area contributed by atoms with E-state index in [1.165, 1.54) is 4.90 Å². The van der Waals surface area contributed by atoms with E-state index in [2.05, 4.69) is 5.32 Å². The van der Waals surface area contributed by atoms with Crippen molar-refractivity contribution < 1.29 is 33.3 Å². The van der Waals surface area contributed by atoms with Crippen LogP contribution in [0.1, 0.15) is 17.2 Å². The number of carbonyl (C=O) groups is 3. The average molecular weight is 524 g/mol. The molecule has 3 aromatic carbocycles. The van der Waals surface area contributed by atoms with Gasteiger partial charge >= 0.3 is 0 Å². The number of ether oxygens (including phenoxy) is 4. The second-order valence-corrected chi connectivity index (χ2v) is 9.94. The van der Waals surface area contributed by atoms with Gasteiger partial charge in [0.15, 0.2) is 23.0 Å². The number of nitrogens with one attached hydrogen (secondary N) is 1. The summed E-state index contributed by atoms with van der Waals surface area (Å²) >= 11 is 0. The van der Waals surface area contributed by atoms with Crippen LogP contribution in [0.3, 0.4) is 0 Å². The fourth-order valence-corrected chi connectivity index (χ4v) is 6.33. The van der Waals surface area contributed by atoms with Crippen molar-refractivity contribution in [3.63, 3.8) is 0 Å². The lowest BCUT2D eigenvalue weighted by Crippen LogP contribution is -2.46. The van der Waals surface area contributed by atoms with Crippen LogP contribution in [0.5, 0.6) is 23.0 Å². The molecule has 194 valence electrons. The van der Waals surface area contributed by atoms with Crippen molar-refractivity contribution in [2.75, 3.05) is 23.8 Å². The van der Waals surface area contributed by atoms with Gasteiger partial charge in [-0.25, -0.2) is 4.90 Å². The van der Waals surface area contributed by atoms with Gasteiger partial charge in [0.05, 0.1) is 23.6 Å². The van der Waals surface area contributed by atoms with Gasteiger partial charge in [0.2, 0.25) is 31.3 Å². The average Bonchev–Trinajstić information content (AvgIpc) is 3.72. The first-order valence-corrected chi connectivity index (χ1v) is 12.6. The molecule has 2 fully saturated rings. The summed E-state index contributed by atoms with van der Waals surface area (Å²) in [6.07, 6.45) is 3.74. The standard InChI is InChI=1S/C29H21N3O7/c33-27(30-16-5-7-19-21(11-16)38-13-36-19)26-24-23(25-18-4-2-1-3-15(18)9-10-31(25)26)28(34)32(29(24)35)17-6-8-20-22(12-17)39-14-37-20/h1-12,23-26H,13-14H2,(H,30,33)/t23-,24-,25+,26+/m1/s1. The molecule has 5 aliphatic rings. The third-order valence-corrected chi connectivity index (χ3v) is 7.98. The molecule has 0 aliphatic carbocycles. The highest BCUT2D eigenvalue weighted by atomic mass is 16.7. The van der Waals surface area contributed by atoms with Crippen molar-refractivity contribution in [3.8, 4) is 23.0 Å². The number of hydrogen-bond acceptors (Lipinski definition) is 8.